The SMILES string of the molecule is CC(C)OC(=O)CCC/C=C\C[C@@H]1[C@@H](CNCC(=O)Nc2nnc(S(N)(=O)=O)s2)[C@H](O)C[C@@H]1O. The van der Waals surface area contributed by atoms with Crippen LogP contribution >= 0.6 is 11.3 Å². The molecule has 192 valence electrons. The van der Waals surface area contributed by atoms with Crippen LogP contribution in [-0.4, -0.2) is 72.1 Å². The van der Waals surface area contributed by atoms with Gasteiger partial charge < -0.3 is 20.3 Å². The van der Waals surface area contributed by atoms with Crippen molar-refractivity contribution >= 4 is 38.4 Å². The highest BCUT2D eigenvalue weighted by Crippen LogP contribution is 2.35. The third-order valence-electron chi connectivity index (χ3n) is 5.28. The number of hydrogen-bond donors (Lipinski definition) is 5. The van der Waals surface area contributed by atoms with Crippen LogP contribution in [0.2, 0.25) is 0 Å². The first-order valence-electron chi connectivity index (χ1n) is 11.0. The van der Waals surface area contributed by atoms with E-state index in [4.69, 9.17) is 9.88 Å². The predicted octanol–water partition coefficient (Wildman–Crippen LogP) is 0.140. The van der Waals surface area contributed by atoms with E-state index in [9.17, 15) is 28.2 Å². The minimum Gasteiger partial charge on any atom is -0.463 e. The largest absolute Gasteiger partial charge is 0.463 e. The van der Waals surface area contributed by atoms with Crippen LogP contribution in [0.1, 0.15) is 46.0 Å². The Bertz CT molecular complexity index is 951. The summed E-state index contributed by atoms with van der Waals surface area (Å²) >= 11 is 0.645. The van der Waals surface area contributed by atoms with Crippen molar-refractivity contribution in [2.24, 2.45) is 17.0 Å². The highest BCUT2D eigenvalue weighted by atomic mass is 32.2. The molecule has 0 saturated heterocycles. The van der Waals surface area contributed by atoms with Crippen molar-refractivity contribution in [1.82, 2.24) is 15.5 Å². The first-order valence-corrected chi connectivity index (χ1v) is 13.4. The summed E-state index contributed by atoms with van der Waals surface area (Å²) in [6, 6.07) is 0. The summed E-state index contributed by atoms with van der Waals surface area (Å²) in [6.07, 6.45) is 4.98. The molecule has 1 aliphatic rings. The van der Waals surface area contributed by atoms with Gasteiger partial charge in [0, 0.05) is 18.9 Å². The average Bonchev–Trinajstić information content (AvgIpc) is 3.29. The summed E-state index contributed by atoms with van der Waals surface area (Å²) in [7, 11) is -3.98. The molecule has 1 aromatic rings. The maximum Gasteiger partial charge on any atom is 0.306 e. The van der Waals surface area contributed by atoms with Crippen LogP contribution in [0.5, 0.6) is 0 Å². The minimum absolute atomic E-state index is 0.00707. The lowest BCUT2D eigenvalue weighted by Crippen LogP contribution is -2.36. The molecule has 34 heavy (non-hydrogen) atoms. The molecule has 0 bridgehead atoms. The van der Waals surface area contributed by atoms with Gasteiger partial charge in [0.25, 0.3) is 10.0 Å². The number of esters is 1. The van der Waals surface area contributed by atoms with Gasteiger partial charge in [0.15, 0.2) is 0 Å². The fourth-order valence-corrected chi connectivity index (χ4v) is 5.08. The van der Waals surface area contributed by atoms with Gasteiger partial charge in [-0.15, -0.1) is 10.2 Å². The Hall–Kier alpha value is -1.97. The summed E-state index contributed by atoms with van der Waals surface area (Å²) in [5.41, 5.74) is 0. The zero-order valence-electron chi connectivity index (χ0n) is 19.2. The van der Waals surface area contributed by atoms with Gasteiger partial charge in [-0.05, 0) is 45.4 Å². The molecule has 4 atom stereocenters. The van der Waals surface area contributed by atoms with Gasteiger partial charge in [-0.3, -0.25) is 14.9 Å². The predicted molar refractivity (Wildman–Crippen MR) is 125 cm³/mol. The maximum absolute atomic E-state index is 12.1. The van der Waals surface area contributed by atoms with Crippen molar-refractivity contribution in [3.8, 4) is 0 Å². The molecule has 1 aliphatic carbocycles. The number of carbonyl (C=O) groups excluding carboxylic acids is 2. The van der Waals surface area contributed by atoms with Crippen LogP contribution in [0.25, 0.3) is 0 Å². The van der Waals surface area contributed by atoms with Crippen LogP contribution < -0.4 is 15.8 Å². The first kappa shape index (κ1) is 28.3. The van der Waals surface area contributed by atoms with E-state index in [1.807, 2.05) is 26.0 Å². The number of carbonyl (C=O) groups is 2. The van der Waals surface area contributed by atoms with Gasteiger partial charge >= 0.3 is 5.97 Å². The summed E-state index contributed by atoms with van der Waals surface area (Å²) in [6.45, 7) is 3.82. The second-order valence-corrected chi connectivity index (χ2v) is 11.1. The molecule has 1 heterocycles. The number of primary sulfonamides is 1. The summed E-state index contributed by atoms with van der Waals surface area (Å²) < 4.78 is 27.1. The van der Waals surface area contributed by atoms with E-state index in [0.29, 0.717) is 43.6 Å². The molecule has 6 N–H and O–H groups in total. The molecule has 1 amide bonds. The molecule has 2 rings (SSSR count). The molecule has 0 aromatic carbocycles. The fourth-order valence-electron chi connectivity index (χ4n) is 3.74. The summed E-state index contributed by atoms with van der Waals surface area (Å²) in [5, 5.41) is 38.0. The molecular weight excluding hydrogens is 486 g/mol. The van der Waals surface area contributed by atoms with Crippen LogP contribution in [0.4, 0.5) is 5.13 Å². The standard InChI is InChI=1S/C20H33N5O7S2/c1-12(2)32-18(29)8-6-4-3-5-7-13-14(16(27)9-15(13)26)10-22-11-17(28)23-19-24-25-20(33-19)34(21,30)31/h3,5,12-16,22,26-27H,4,6-11H2,1-2H3,(H2,21,30,31)(H,23,24,28)/b5-3-/t13-,14-,15+,16-/m1/s1. The Kier molecular flexibility index (Phi) is 11.0. The number of ether oxygens (including phenoxy) is 1. The second-order valence-electron chi connectivity index (χ2n) is 8.43. The Morgan fingerprint density at radius 1 is 1.24 bits per heavy atom. The number of aliphatic hydroxyl groups is 2. The number of aliphatic hydroxyl groups excluding tert-OH is 2. The van der Waals surface area contributed by atoms with Crippen LogP contribution in [0, 0.1) is 11.8 Å². The number of amides is 1. The van der Waals surface area contributed by atoms with Crippen molar-refractivity contribution in [1.29, 1.82) is 0 Å². The molecule has 1 fully saturated rings. The number of nitrogens with two attached hydrogens (primary N) is 1. The van der Waals surface area contributed by atoms with Crippen molar-refractivity contribution in [3.05, 3.63) is 12.2 Å². The van der Waals surface area contributed by atoms with Gasteiger partial charge in [0.2, 0.25) is 15.4 Å². The lowest BCUT2D eigenvalue weighted by molar-refractivity contribution is -0.147. The molecule has 14 heteroatoms. The number of unbranched alkanes of at least 4 members (excludes halogenated alkanes) is 1. The topological polar surface area (TPSA) is 194 Å². The molecule has 1 aromatic heterocycles. The number of nitrogens with zero attached hydrogens (tertiary/aromatic N) is 2. The minimum atomic E-state index is -3.98. The van der Waals surface area contributed by atoms with Crippen molar-refractivity contribution in [3.63, 3.8) is 0 Å². The number of nitrogens with one attached hydrogen (secondary N) is 2. The van der Waals surface area contributed by atoms with Gasteiger partial charge in [-0.1, -0.05) is 23.5 Å². The Morgan fingerprint density at radius 2 is 1.94 bits per heavy atom. The van der Waals surface area contributed by atoms with Crippen LogP contribution in [0.3, 0.4) is 0 Å². The molecule has 0 aliphatic heterocycles. The van der Waals surface area contributed by atoms with Gasteiger partial charge in [0.05, 0.1) is 24.9 Å². The average molecular weight is 520 g/mol. The molecule has 12 nitrogen and oxygen atoms in total. The lowest BCUT2D eigenvalue weighted by Gasteiger charge is -2.22. The summed E-state index contributed by atoms with van der Waals surface area (Å²) in [4.78, 5) is 23.6. The zero-order chi connectivity index (χ0) is 25.3. The number of allylic oxidation sites excluding steroid dienone is 2. The van der Waals surface area contributed by atoms with Crippen molar-refractivity contribution in [2.45, 2.75) is 68.6 Å². The lowest BCUT2D eigenvalue weighted by atomic mass is 9.90. The van der Waals surface area contributed by atoms with E-state index in [1.165, 1.54) is 0 Å². The smallest absolute Gasteiger partial charge is 0.306 e. The number of sulfonamides is 1. The number of aromatic nitrogens is 2. The second kappa shape index (κ2) is 13.2. The van der Waals surface area contributed by atoms with Crippen LogP contribution in [0.15, 0.2) is 16.5 Å². The Morgan fingerprint density at radius 3 is 2.59 bits per heavy atom. The van der Waals surface area contributed by atoms with Gasteiger partial charge in [-0.25, -0.2) is 13.6 Å². The molecule has 0 unspecified atom stereocenters. The normalized spacial score (nSPS) is 23.0. The van der Waals surface area contributed by atoms with Gasteiger partial charge in [0.1, 0.15) is 0 Å². The number of anilines is 1. The van der Waals surface area contributed by atoms with E-state index >= 15 is 0 Å². The van der Waals surface area contributed by atoms with E-state index < -0.39 is 32.5 Å². The third-order valence-corrected chi connectivity index (χ3v) is 7.43. The Labute approximate surface area is 203 Å². The highest BCUT2D eigenvalue weighted by Gasteiger charge is 2.40. The van der Waals surface area contributed by atoms with Gasteiger partial charge in [-0.2, -0.15) is 0 Å². The van der Waals surface area contributed by atoms with Crippen LogP contribution in [-0.2, 0) is 24.3 Å². The number of hydrogen-bond acceptors (Lipinski definition) is 11. The molecular formula is C20H33N5O7S2. The first-order chi connectivity index (χ1) is 16.0. The fraction of sp³-hybridized carbons (Fsp3) is 0.700. The van der Waals surface area contributed by atoms with Crippen molar-refractivity contribution < 1.29 is 33.0 Å². The molecule has 0 spiro atoms. The third kappa shape index (κ3) is 9.35. The Balaban J connectivity index is 1.74. The molecule has 0 radical (unpaired) electrons. The van der Waals surface area contributed by atoms with E-state index in [1.54, 1.807) is 0 Å². The zero-order valence-corrected chi connectivity index (χ0v) is 20.8. The quantitative estimate of drug-likeness (QED) is 0.104. The molecule has 1 saturated carbocycles. The maximum atomic E-state index is 12.1. The van der Waals surface area contributed by atoms with E-state index in [2.05, 4.69) is 20.8 Å². The van der Waals surface area contributed by atoms with Crippen molar-refractivity contribution in [2.75, 3.05) is 18.4 Å². The highest BCUT2D eigenvalue weighted by molar-refractivity contribution is 7.91. The number of rotatable bonds is 13. The monoisotopic (exact) mass is 519 g/mol. The van der Waals surface area contributed by atoms with E-state index in [-0.39, 0.29) is 42.0 Å². The summed E-state index contributed by atoms with van der Waals surface area (Å²) in [5.74, 6) is -1.10. The van der Waals surface area contributed by atoms with E-state index in [0.717, 1.165) is 0 Å².